The molecule has 3 aliphatic carbocycles. The second-order valence-corrected chi connectivity index (χ2v) is 8.61. The van der Waals surface area contributed by atoms with E-state index in [0.29, 0.717) is 5.56 Å². The Bertz CT molecular complexity index is 731. The summed E-state index contributed by atoms with van der Waals surface area (Å²) in [5.41, 5.74) is 1.09. The van der Waals surface area contributed by atoms with Crippen LogP contribution in [0.2, 0.25) is 0 Å². The molecule has 25 heavy (non-hydrogen) atoms. The fourth-order valence-electron chi connectivity index (χ4n) is 5.24. The Labute approximate surface area is 148 Å². The fraction of sp³-hybridized carbons (Fsp3) is 0.600. The van der Waals surface area contributed by atoms with E-state index in [4.69, 9.17) is 0 Å². The molecule has 1 aromatic rings. The van der Waals surface area contributed by atoms with E-state index in [0.717, 1.165) is 31.4 Å². The van der Waals surface area contributed by atoms with Crippen molar-refractivity contribution in [3.8, 4) is 0 Å². The summed E-state index contributed by atoms with van der Waals surface area (Å²) in [5, 5.41) is 9.99. The Morgan fingerprint density at radius 1 is 1.28 bits per heavy atom. The normalized spacial score (nSPS) is 35.9. The van der Waals surface area contributed by atoms with Crippen LogP contribution in [0.5, 0.6) is 0 Å². The van der Waals surface area contributed by atoms with Gasteiger partial charge in [-0.1, -0.05) is 19.1 Å². The smallest absolute Gasteiger partial charge is 0.255 e. The van der Waals surface area contributed by atoms with Crippen molar-refractivity contribution in [3.63, 3.8) is 0 Å². The largest absolute Gasteiger partial charge is 0.362 e. The Balaban J connectivity index is 1.64. The molecule has 4 atom stereocenters. The maximum absolute atomic E-state index is 12.7. The number of anilines is 1. The highest BCUT2D eigenvalue weighted by atomic mass is 16.2. The Kier molecular flexibility index (Phi) is 3.60. The van der Waals surface area contributed by atoms with E-state index in [1.165, 1.54) is 0 Å². The van der Waals surface area contributed by atoms with E-state index >= 15 is 0 Å². The number of benzene rings is 1. The minimum Gasteiger partial charge on any atom is -0.362 e. The van der Waals surface area contributed by atoms with Crippen LogP contribution >= 0.6 is 0 Å². The van der Waals surface area contributed by atoms with Crippen LogP contribution in [-0.2, 0) is 4.79 Å². The molecule has 5 nitrogen and oxygen atoms in total. The Morgan fingerprint density at radius 2 is 2.04 bits per heavy atom. The molecule has 5 heteroatoms. The van der Waals surface area contributed by atoms with Crippen LogP contribution in [0.4, 0.5) is 5.69 Å². The quantitative estimate of drug-likeness (QED) is 0.775. The zero-order chi connectivity index (χ0) is 17.8. The van der Waals surface area contributed by atoms with E-state index < -0.39 is 5.66 Å². The molecule has 0 radical (unpaired) electrons. The Hall–Kier alpha value is -2.04. The highest BCUT2D eigenvalue weighted by Crippen LogP contribution is 2.58. The lowest BCUT2D eigenvalue weighted by atomic mass is 9.51. The van der Waals surface area contributed by atoms with Crippen molar-refractivity contribution < 1.29 is 9.59 Å². The summed E-state index contributed by atoms with van der Waals surface area (Å²) >= 11 is 0. The molecule has 3 N–H and O–H groups in total. The summed E-state index contributed by atoms with van der Waals surface area (Å²) in [6, 6.07) is 7.83. The predicted molar refractivity (Wildman–Crippen MR) is 97.1 cm³/mol. The third-order valence-electron chi connectivity index (χ3n) is 6.42. The highest BCUT2D eigenvalue weighted by molar-refractivity contribution is 6.02. The van der Waals surface area contributed by atoms with Crippen molar-refractivity contribution in [1.82, 2.24) is 10.6 Å². The molecule has 2 bridgehead atoms. The van der Waals surface area contributed by atoms with Gasteiger partial charge in [0.05, 0.1) is 5.56 Å². The molecular weight excluding hydrogens is 314 g/mol. The number of para-hydroxylation sites is 1. The molecule has 3 saturated carbocycles. The third-order valence-corrected chi connectivity index (χ3v) is 6.42. The molecule has 2 amide bonds. The molecule has 1 aromatic carbocycles. The van der Waals surface area contributed by atoms with Gasteiger partial charge in [-0.15, -0.1) is 0 Å². The summed E-state index contributed by atoms with van der Waals surface area (Å²) < 4.78 is 0. The Morgan fingerprint density at radius 3 is 2.76 bits per heavy atom. The third kappa shape index (κ3) is 2.52. The first-order valence-electron chi connectivity index (χ1n) is 9.33. The molecule has 0 saturated heterocycles. The van der Waals surface area contributed by atoms with Gasteiger partial charge in [-0.05, 0) is 57.1 Å². The molecule has 134 valence electrons. The van der Waals surface area contributed by atoms with Crippen molar-refractivity contribution in [2.75, 3.05) is 5.32 Å². The lowest BCUT2D eigenvalue weighted by molar-refractivity contribution is -0.140. The van der Waals surface area contributed by atoms with Gasteiger partial charge >= 0.3 is 0 Å². The minimum atomic E-state index is -0.424. The van der Waals surface area contributed by atoms with Crippen LogP contribution in [0.1, 0.15) is 56.8 Å². The molecule has 1 aliphatic heterocycles. The van der Waals surface area contributed by atoms with Gasteiger partial charge in [0.15, 0.2) is 0 Å². The number of rotatable bonds is 2. The number of amides is 2. The number of nitrogens with one attached hydrogen (secondary N) is 3. The summed E-state index contributed by atoms with van der Waals surface area (Å²) in [5.74, 6) is 0.456. The van der Waals surface area contributed by atoms with Gasteiger partial charge < -0.3 is 16.0 Å². The van der Waals surface area contributed by atoms with Gasteiger partial charge in [-0.2, -0.15) is 0 Å². The van der Waals surface area contributed by atoms with E-state index in [-0.39, 0.29) is 35.1 Å². The van der Waals surface area contributed by atoms with Crippen LogP contribution in [0, 0.1) is 17.3 Å². The van der Waals surface area contributed by atoms with Crippen LogP contribution in [0.25, 0.3) is 0 Å². The van der Waals surface area contributed by atoms with Crippen molar-refractivity contribution in [1.29, 1.82) is 0 Å². The van der Waals surface area contributed by atoms with E-state index in [9.17, 15) is 9.59 Å². The van der Waals surface area contributed by atoms with Gasteiger partial charge in [0.1, 0.15) is 5.66 Å². The number of fused-ring (bicyclic) bond motifs is 3. The monoisotopic (exact) mass is 341 g/mol. The summed E-state index contributed by atoms with van der Waals surface area (Å²) in [6.45, 7) is 6.22. The maximum Gasteiger partial charge on any atom is 0.255 e. The zero-order valence-corrected chi connectivity index (χ0v) is 15.2. The molecule has 1 heterocycles. The SMILES string of the molecule is CC(C)NC(=O)[C@H]1C[C@@H]2CC[C@]1(C)C[C@]21NC(=O)c2ccccc2N1. The summed E-state index contributed by atoms with van der Waals surface area (Å²) in [7, 11) is 0. The second-order valence-electron chi connectivity index (χ2n) is 8.61. The predicted octanol–water partition coefficient (Wildman–Crippen LogP) is 2.89. The molecule has 4 aliphatic rings. The average molecular weight is 341 g/mol. The number of hydrogen-bond acceptors (Lipinski definition) is 3. The van der Waals surface area contributed by atoms with Crippen LogP contribution in [0.3, 0.4) is 0 Å². The molecule has 0 unspecified atom stereocenters. The summed E-state index contributed by atoms with van der Waals surface area (Å²) in [6.07, 6.45) is 3.69. The number of carbonyl (C=O) groups is 2. The zero-order valence-electron chi connectivity index (χ0n) is 15.2. The van der Waals surface area contributed by atoms with E-state index in [1.54, 1.807) is 0 Å². The van der Waals surface area contributed by atoms with Gasteiger partial charge in [0.2, 0.25) is 5.91 Å². The van der Waals surface area contributed by atoms with Gasteiger partial charge in [-0.3, -0.25) is 9.59 Å². The standard InChI is InChI=1S/C20H27N3O2/c1-12(2)21-18(25)15-10-13-8-9-19(15,3)11-20(13)22-16-7-5-4-6-14(16)17(24)23-20/h4-7,12-13,15,22H,8-11H2,1-3H3,(H,21,25)(H,23,24)/t13-,15+,19+,20-/m0/s1. The van der Waals surface area contributed by atoms with Gasteiger partial charge in [-0.25, -0.2) is 0 Å². The molecular formula is C20H27N3O2. The van der Waals surface area contributed by atoms with Gasteiger partial charge in [0, 0.05) is 23.6 Å². The molecule has 1 spiro atoms. The summed E-state index contributed by atoms with van der Waals surface area (Å²) in [4.78, 5) is 25.4. The first kappa shape index (κ1) is 16.4. The van der Waals surface area contributed by atoms with Gasteiger partial charge in [0.25, 0.3) is 5.91 Å². The lowest BCUT2D eigenvalue weighted by Crippen LogP contribution is -2.70. The molecule has 0 aromatic heterocycles. The van der Waals surface area contributed by atoms with Crippen molar-refractivity contribution in [2.24, 2.45) is 17.3 Å². The van der Waals surface area contributed by atoms with Crippen molar-refractivity contribution in [2.45, 2.75) is 58.2 Å². The average Bonchev–Trinajstić information content (AvgIpc) is 2.53. The topological polar surface area (TPSA) is 70.2 Å². The van der Waals surface area contributed by atoms with E-state index in [1.807, 2.05) is 38.1 Å². The highest BCUT2D eigenvalue weighted by Gasteiger charge is 2.60. The fourth-order valence-corrected chi connectivity index (χ4v) is 5.24. The van der Waals surface area contributed by atoms with Crippen LogP contribution in [-0.4, -0.2) is 23.5 Å². The first-order valence-corrected chi connectivity index (χ1v) is 9.33. The lowest BCUT2D eigenvalue weighted by Gasteiger charge is -2.60. The van der Waals surface area contributed by atoms with E-state index in [2.05, 4.69) is 22.9 Å². The maximum atomic E-state index is 12.7. The number of hydrogen-bond donors (Lipinski definition) is 3. The van der Waals surface area contributed by atoms with Crippen molar-refractivity contribution in [3.05, 3.63) is 29.8 Å². The molecule has 3 fully saturated rings. The second kappa shape index (κ2) is 5.48. The van der Waals surface area contributed by atoms with Crippen LogP contribution in [0.15, 0.2) is 24.3 Å². The number of carbonyl (C=O) groups excluding carboxylic acids is 2. The van der Waals surface area contributed by atoms with Crippen LogP contribution < -0.4 is 16.0 Å². The minimum absolute atomic E-state index is 0.00585. The van der Waals surface area contributed by atoms with Crippen molar-refractivity contribution >= 4 is 17.5 Å². The molecule has 5 rings (SSSR count). The first-order chi connectivity index (χ1) is 11.8.